The van der Waals surface area contributed by atoms with Gasteiger partial charge in [-0.1, -0.05) is 32.3 Å². The number of aromatic nitrogens is 2. The van der Waals surface area contributed by atoms with Gasteiger partial charge in [-0.2, -0.15) is 4.98 Å². The van der Waals surface area contributed by atoms with Crippen LogP contribution in [0.25, 0.3) is 0 Å². The first kappa shape index (κ1) is 20.9. The van der Waals surface area contributed by atoms with Crippen molar-refractivity contribution in [3.63, 3.8) is 0 Å². The standard InChI is InChI=1S/C16H29N5O2.ClH/c1-5-11(3)14(17)16(22)21-9-7-20(8-10-21)12(4)15-18-13(6-2)19-23-15;/h11-12,14H,5-10,17H2,1-4H3;1H. The van der Waals surface area contributed by atoms with Gasteiger partial charge in [-0.3, -0.25) is 9.69 Å². The molecule has 1 aliphatic rings. The maximum Gasteiger partial charge on any atom is 0.243 e. The van der Waals surface area contributed by atoms with Crippen molar-refractivity contribution >= 4 is 18.3 Å². The van der Waals surface area contributed by atoms with Crippen LogP contribution in [0.3, 0.4) is 0 Å². The minimum Gasteiger partial charge on any atom is -0.339 e. The zero-order chi connectivity index (χ0) is 17.0. The molecular weight excluding hydrogens is 330 g/mol. The van der Waals surface area contributed by atoms with E-state index in [2.05, 4.69) is 28.9 Å². The van der Waals surface area contributed by atoms with Crippen molar-refractivity contribution in [2.24, 2.45) is 11.7 Å². The van der Waals surface area contributed by atoms with Gasteiger partial charge in [0.25, 0.3) is 0 Å². The van der Waals surface area contributed by atoms with Crippen LogP contribution in [0.4, 0.5) is 0 Å². The molecular formula is C16H30ClN5O2. The number of aryl methyl sites for hydroxylation is 1. The number of carbonyl (C=O) groups is 1. The molecule has 0 saturated carbocycles. The second-order valence-electron chi connectivity index (χ2n) is 6.35. The van der Waals surface area contributed by atoms with Crippen LogP contribution < -0.4 is 5.73 Å². The highest BCUT2D eigenvalue weighted by Crippen LogP contribution is 2.21. The minimum absolute atomic E-state index is 0. The number of carbonyl (C=O) groups excluding carboxylic acids is 1. The molecule has 1 aromatic rings. The maximum absolute atomic E-state index is 12.4. The number of rotatable bonds is 6. The van der Waals surface area contributed by atoms with Crippen LogP contribution in [0.2, 0.25) is 0 Å². The molecule has 24 heavy (non-hydrogen) atoms. The predicted molar refractivity (Wildman–Crippen MR) is 94.9 cm³/mol. The fraction of sp³-hybridized carbons (Fsp3) is 0.812. The summed E-state index contributed by atoms with van der Waals surface area (Å²) in [6.07, 6.45) is 1.69. The molecule has 3 unspecified atom stereocenters. The summed E-state index contributed by atoms with van der Waals surface area (Å²) in [5.74, 6) is 1.67. The monoisotopic (exact) mass is 359 g/mol. The van der Waals surface area contributed by atoms with Gasteiger partial charge in [0.2, 0.25) is 11.8 Å². The number of nitrogens with zero attached hydrogens (tertiary/aromatic N) is 4. The molecule has 2 heterocycles. The predicted octanol–water partition coefficient (Wildman–Crippen LogP) is 1.63. The molecule has 3 atom stereocenters. The number of nitrogens with two attached hydrogens (primary N) is 1. The minimum atomic E-state index is -0.396. The molecule has 1 aliphatic heterocycles. The van der Waals surface area contributed by atoms with Gasteiger partial charge in [0.05, 0.1) is 12.1 Å². The molecule has 0 aliphatic carbocycles. The third-order valence-electron chi connectivity index (χ3n) is 4.87. The van der Waals surface area contributed by atoms with Crippen LogP contribution in [0.15, 0.2) is 4.52 Å². The lowest BCUT2D eigenvalue weighted by atomic mass is 9.98. The molecule has 0 spiro atoms. The van der Waals surface area contributed by atoms with E-state index < -0.39 is 6.04 Å². The van der Waals surface area contributed by atoms with E-state index in [-0.39, 0.29) is 30.3 Å². The SMILES string of the molecule is CCc1noc(C(C)N2CCN(C(=O)C(N)C(C)CC)CC2)n1.Cl. The first-order valence-electron chi connectivity index (χ1n) is 8.58. The first-order chi connectivity index (χ1) is 11.0. The van der Waals surface area contributed by atoms with Crippen LogP contribution in [0.5, 0.6) is 0 Å². The van der Waals surface area contributed by atoms with E-state index in [1.165, 1.54) is 0 Å². The highest BCUT2D eigenvalue weighted by atomic mass is 35.5. The van der Waals surface area contributed by atoms with E-state index in [9.17, 15) is 4.79 Å². The summed E-state index contributed by atoms with van der Waals surface area (Å²) in [7, 11) is 0. The summed E-state index contributed by atoms with van der Waals surface area (Å²) in [6.45, 7) is 11.1. The second kappa shape index (κ2) is 9.34. The fourth-order valence-electron chi connectivity index (χ4n) is 2.77. The Morgan fingerprint density at radius 1 is 1.25 bits per heavy atom. The van der Waals surface area contributed by atoms with Gasteiger partial charge in [0.15, 0.2) is 5.82 Å². The highest BCUT2D eigenvalue weighted by Gasteiger charge is 2.30. The summed E-state index contributed by atoms with van der Waals surface area (Å²) in [5.41, 5.74) is 6.07. The van der Waals surface area contributed by atoms with Gasteiger partial charge < -0.3 is 15.2 Å². The van der Waals surface area contributed by atoms with E-state index in [1.807, 2.05) is 18.7 Å². The Labute approximate surface area is 150 Å². The zero-order valence-electron chi connectivity index (χ0n) is 15.1. The Bertz CT molecular complexity index is 516. The second-order valence-corrected chi connectivity index (χ2v) is 6.35. The average Bonchev–Trinajstić information content (AvgIpc) is 3.08. The molecule has 2 N–H and O–H groups in total. The van der Waals surface area contributed by atoms with Crippen molar-refractivity contribution in [2.75, 3.05) is 26.2 Å². The first-order valence-corrected chi connectivity index (χ1v) is 8.58. The van der Waals surface area contributed by atoms with Crippen LogP contribution in [0.1, 0.15) is 51.9 Å². The van der Waals surface area contributed by atoms with Gasteiger partial charge >= 0.3 is 0 Å². The van der Waals surface area contributed by atoms with Crippen molar-refractivity contribution in [2.45, 2.75) is 52.6 Å². The normalized spacial score (nSPS) is 19.5. The van der Waals surface area contributed by atoms with Crippen molar-refractivity contribution in [3.8, 4) is 0 Å². The van der Waals surface area contributed by atoms with Crippen LogP contribution in [0, 0.1) is 5.92 Å². The van der Waals surface area contributed by atoms with Crippen LogP contribution in [-0.2, 0) is 11.2 Å². The maximum atomic E-state index is 12.4. The average molecular weight is 360 g/mol. The Kier molecular flexibility index (Phi) is 8.12. The fourth-order valence-corrected chi connectivity index (χ4v) is 2.77. The lowest BCUT2D eigenvalue weighted by Gasteiger charge is -2.38. The lowest BCUT2D eigenvalue weighted by Crippen LogP contribution is -2.54. The van der Waals surface area contributed by atoms with E-state index in [1.54, 1.807) is 0 Å². The largest absolute Gasteiger partial charge is 0.339 e. The van der Waals surface area contributed by atoms with E-state index in [0.717, 1.165) is 31.8 Å². The summed E-state index contributed by atoms with van der Waals surface area (Å²) < 4.78 is 5.33. The van der Waals surface area contributed by atoms with Crippen molar-refractivity contribution in [1.29, 1.82) is 0 Å². The number of halogens is 1. The van der Waals surface area contributed by atoms with Gasteiger partial charge in [0.1, 0.15) is 0 Å². The zero-order valence-corrected chi connectivity index (χ0v) is 15.9. The smallest absolute Gasteiger partial charge is 0.243 e. The van der Waals surface area contributed by atoms with Gasteiger partial charge in [-0.25, -0.2) is 0 Å². The summed E-state index contributed by atoms with van der Waals surface area (Å²) >= 11 is 0. The number of hydrogen-bond donors (Lipinski definition) is 1. The molecule has 1 aromatic heterocycles. The topological polar surface area (TPSA) is 88.5 Å². The summed E-state index contributed by atoms with van der Waals surface area (Å²) in [5, 5.41) is 3.95. The van der Waals surface area contributed by atoms with Crippen LogP contribution in [-0.4, -0.2) is 58.1 Å². The number of amides is 1. The Morgan fingerprint density at radius 2 is 1.88 bits per heavy atom. The summed E-state index contributed by atoms with van der Waals surface area (Å²) in [6, 6.07) is -0.324. The summed E-state index contributed by atoms with van der Waals surface area (Å²) in [4.78, 5) is 21.0. The van der Waals surface area contributed by atoms with Gasteiger partial charge in [-0.05, 0) is 12.8 Å². The van der Waals surface area contributed by atoms with Gasteiger partial charge in [0, 0.05) is 32.6 Å². The van der Waals surface area contributed by atoms with Crippen molar-refractivity contribution in [3.05, 3.63) is 11.7 Å². The Hall–Kier alpha value is -1.18. The van der Waals surface area contributed by atoms with Gasteiger partial charge in [-0.15, -0.1) is 12.4 Å². The number of piperazine rings is 1. The molecule has 1 saturated heterocycles. The van der Waals surface area contributed by atoms with E-state index in [0.29, 0.717) is 19.0 Å². The molecule has 7 nitrogen and oxygen atoms in total. The Balaban J connectivity index is 0.00000288. The number of hydrogen-bond acceptors (Lipinski definition) is 6. The molecule has 0 aromatic carbocycles. The lowest BCUT2D eigenvalue weighted by molar-refractivity contribution is -0.135. The molecule has 2 rings (SSSR count). The quantitative estimate of drug-likeness (QED) is 0.830. The Morgan fingerprint density at radius 3 is 2.38 bits per heavy atom. The van der Waals surface area contributed by atoms with Crippen molar-refractivity contribution in [1.82, 2.24) is 19.9 Å². The third kappa shape index (κ3) is 4.68. The van der Waals surface area contributed by atoms with E-state index in [4.69, 9.17) is 10.3 Å². The van der Waals surface area contributed by atoms with Crippen molar-refractivity contribution < 1.29 is 9.32 Å². The molecule has 0 radical (unpaired) electrons. The third-order valence-corrected chi connectivity index (χ3v) is 4.87. The highest BCUT2D eigenvalue weighted by molar-refractivity contribution is 5.85. The van der Waals surface area contributed by atoms with E-state index >= 15 is 0 Å². The molecule has 1 amide bonds. The molecule has 138 valence electrons. The molecule has 1 fully saturated rings. The van der Waals surface area contributed by atoms with Crippen LogP contribution >= 0.6 is 12.4 Å². The molecule has 8 heteroatoms. The molecule has 0 bridgehead atoms.